The molecular formula is C33H29N11O. The maximum Gasteiger partial charge on any atom is 0.327 e. The summed E-state index contributed by atoms with van der Waals surface area (Å²) in [7, 11) is 3.68. The molecule has 0 saturated carbocycles. The lowest BCUT2D eigenvalue weighted by molar-refractivity contribution is 0.248. The molecule has 0 bridgehead atoms. The van der Waals surface area contributed by atoms with Crippen LogP contribution >= 0.6 is 0 Å². The highest BCUT2D eigenvalue weighted by Gasteiger charge is 2.20. The normalized spacial score (nSPS) is 10.7. The number of nitriles is 1. The zero-order chi connectivity index (χ0) is 31.3. The first kappa shape index (κ1) is 28.8. The number of hydrogen-bond donors (Lipinski definition) is 2. The molecule has 0 fully saturated rings. The van der Waals surface area contributed by atoms with Crippen molar-refractivity contribution in [2.75, 3.05) is 10.2 Å². The topological polar surface area (TPSA) is 142 Å². The lowest BCUT2D eigenvalue weighted by Crippen LogP contribution is -2.37. The van der Waals surface area contributed by atoms with Crippen molar-refractivity contribution in [1.82, 2.24) is 39.8 Å². The molecule has 4 aromatic heterocycles. The van der Waals surface area contributed by atoms with Gasteiger partial charge in [-0.2, -0.15) is 15.5 Å². The van der Waals surface area contributed by atoms with Gasteiger partial charge in [0, 0.05) is 61.6 Å². The number of pyridine rings is 1. The SMILES string of the molecule is Cc1nn(C)cc1-c1nc(Nc2ccc(N(C(=O)NCc3ccccc3)c3ccc(-c4cnn(C)c4)cn3)cc2)ncc1C#N. The van der Waals surface area contributed by atoms with E-state index in [9.17, 15) is 10.1 Å². The fourth-order valence-corrected chi connectivity index (χ4v) is 4.85. The van der Waals surface area contributed by atoms with Crippen molar-refractivity contribution in [2.45, 2.75) is 13.5 Å². The summed E-state index contributed by atoms with van der Waals surface area (Å²) in [6.07, 6.45) is 8.72. The van der Waals surface area contributed by atoms with Crippen LogP contribution in [0.5, 0.6) is 0 Å². The molecule has 222 valence electrons. The van der Waals surface area contributed by atoms with Crippen molar-refractivity contribution in [3.05, 3.63) is 115 Å². The minimum Gasteiger partial charge on any atom is -0.333 e. The van der Waals surface area contributed by atoms with E-state index in [1.165, 1.54) is 11.1 Å². The third kappa shape index (κ3) is 6.37. The smallest absolute Gasteiger partial charge is 0.327 e. The predicted molar refractivity (Wildman–Crippen MR) is 171 cm³/mol. The lowest BCUT2D eigenvalue weighted by Gasteiger charge is -2.23. The van der Waals surface area contributed by atoms with Gasteiger partial charge in [0.25, 0.3) is 0 Å². The molecule has 2 N–H and O–H groups in total. The first-order valence-corrected chi connectivity index (χ1v) is 14.1. The summed E-state index contributed by atoms with van der Waals surface area (Å²) in [6, 6.07) is 22.6. The van der Waals surface area contributed by atoms with E-state index < -0.39 is 0 Å². The highest BCUT2D eigenvalue weighted by atomic mass is 16.2. The van der Waals surface area contributed by atoms with Gasteiger partial charge in [-0.1, -0.05) is 30.3 Å². The number of carbonyl (C=O) groups is 1. The van der Waals surface area contributed by atoms with E-state index in [1.807, 2.05) is 100 Å². The highest BCUT2D eigenvalue weighted by Crippen LogP contribution is 2.29. The Hall–Kier alpha value is -6.35. The number of carbonyl (C=O) groups excluding carboxylic acids is 1. The Morgan fingerprint density at radius 2 is 1.71 bits per heavy atom. The van der Waals surface area contributed by atoms with Gasteiger partial charge in [-0.3, -0.25) is 9.36 Å². The molecule has 0 aliphatic heterocycles. The van der Waals surface area contributed by atoms with Crippen LogP contribution in [0.3, 0.4) is 0 Å². The minimum absolute atomic E-state index is 0.324. The zero-order valence-electron chi connectivity index (χ0n) is 24.9. The molecule has 0 atom stereocenters. The maximum absolute atomic E-state index is 13.6. The van der Waals surface area contributed by atoms with E-state index in [1.54, 1.807) is 21.8 Å². The molecule has 45 heavy (non-hydrogen) atoms. The van der Waals surface area contributed by atoms with Gasteiger partial charge in [0.1, 0.15) is 11.9 Å². The number of aryl methyl sites for hydroxylation is 3. The Bertz CT molecular complexity index is 1990. The van der Waals surface area contributed by atoms with Gasteiger partial charge >= 0.3 is 6.03 Å². The van der Waals surface area contributed by atoms with E-state index in [0.29, 0.717) is 40.9 Å². The van der Waals surface area contributed by atoms with Crippen molar-refractivity contribution in [3.8, 4) is 28.5 Å². The number of hydrogen-bond acceptors (Lipinski definition) is 8. The molecule has 6 aromatic rings. The number of anilines is 4. The Morgan fingerprint density at radius 3 is 2.36 bits per heavy atom. The van der Waals surface area contributed by atoms with Crippen LogP contribution in [0.2, 0.25) is 0 Å². The first-order chi connectivity index (χ1) is 21.9. The third-order valence-corrected chi connectivity index (χ3v) is 7.06. The third-order valence-electron chi connectivity index (χ3n) is 7.06. The van der Waals surface area contributed by atoms with Crippen molar-refractivity contribution < 1.29 is 4.79 Å². The largest absolute Gasteiger partial charge is 0.333 e. The lowest BCUT2D eigenvalue weighted by atomic mass is 10.1. The molecule has 0 radical (unpaired) electrons. The van der Waals surface area contributed by atoms with Crippen LogP contribution in [-0.4, -0.2) is 40.5 Å². The Morgan fingerprint density at radius 1 is 0.911 bits per heavy atom. The van der Waals surface area contributed by atoms with E-state index in [2.05, 4.69) is 41.9 Å². The van der Waals surface area contributed by atoms with Crippen LogP contribution in [0.25, 0.3) is 22.4 Å². The Labute approximate surface area is 259 Å². The number of nitrogens with one attached hydrogen (secondary N) is 2. The van der Waals surface area contributed by atoms with Crippen LogP contribution in [-0.2, 0) is 20.6 Å². The fraction of sp³-hybridized carbons (Fsp3) is 0.121. The standard InChI is InChI=1S/C33H29N11O/c1-22-29(21-43(3)41-22)31-25(15-34)18-36-32(40-31)39-27-10-12-28(13-11-27)44(33(45)37-16-23-7-5-4-6-8-23)30-14-9-24(17-35-30)26-19-38-42(2)20-26/h4-14,17-21H,16H2,1-3H3,(H,37,45)(H,36,39,40). The van der Waals surface area contributed by atoms with E-state index >= 15 is 0 Å². The van der Waals surface area contributed by atoms with Crippen LogP contribution in [0.15, 0.2) is 97.7 Å². The molecule has 0 aliphatic carbocycles. The Balaban J connectivity index is 1.27. The van der Waals surface area contributed by atoms with Gasteiger partial charge in [0.05, 0.1) is 35.0 Å². The molecule has 0 aliphatic rings. The van der Waals surface area contributed by atoms with Crippen LogP contribution < -0.4 is 15.5 Å². The van der Waals surface area contributed by atoms with Gasteiger partial charge in [-0.05, 0) is 48.9 Å². The molecule has 0 spiro atoms. The number of benzene rings is 2. The van der Waals surface area contributed by atoms with Gasteiger partial charge in [0.15, 0.2) is 0 Å². The fourth-order valence-electron chi connectivity index (χ4n) is 4.85. The quantitative estimate of drug-likeness (QED) is 0.230. The van der Waals surface area contributed by atoms with E-state index in [0.717, 1.165) is 27.9 Å². The molecule has 2 aromatic carbocycles. The van der Waals surface area contributed by atoms with Gasteiger partial charge < -0.3 is 10.6 Å². The van der Waals surface area contributed by atoms with Gasteiger partial charge in [-0.25, -0.2) is 24.6 Å². The number of amides is 2. The number of urea groups is 1. The maximum atomic E-state index is 13.6. The summed E-state index contributed by atoms with van der Waals surface area (Å²) in [5.41, 5.74) is 6.48. The zero-order valence-corrected chi connectivity index (χ0v) is 24.9. The second-order valence-electron chi connectivity index (χ2n) is 10.3. The summed E-state index contributed by atoms with van der Waals surface area (Å²) in [6.45, 7) is 2.23. The minimum atomic E-state index is -0.326. The average molecular weight is 596 g/mol. The summed E-state index contributed by atoms with van der Waals surface area (Å²) in [5.74, 6) is 0.783. The van der Waals surface area contributed by atoms with Crippen molar-refractivity contribution in [2.24, 2.45) is 14.1 Å². The molecule has 0 saturated heterocycles. The van der Waals surface area contributed by atoms with Crippen molar-refractivity contribution in [3.63, 3.8) is 0 Å². The second-order valence-corrected chi connectivity index (χ2v) is 10.3. The number of aromatic nitrogens is 7. The second kappa shape index (κ2) is 12.5. The van der Waals surface area contributed by atoms with Crippen LogP contribution in [0.4, 0.5) is 27.9 Å². The molecule has 12 nitrogen and oxygen atoms in total. The summed E-state index contributed by atoms with van der Waals surface area (Å²) in [4.78, 5) is 28.7. The molecule has 0 unspecified atom stereocenters. The summed E-state index contributed by atoms with van der Waals surface area (Å²) in [5, 5.41) is 24.4. The van der Waals surface area contributed by atoms with E-state index in [-0.39, 0.29) is 6.03 Å². The predicted octanol–water partition coefficient (Wildman–Crippen LogP) is 5.64. The molecule has 2 amide bonds. The average Bonchev–Trinajstić information content (AvgIpc) is 3.65. The summed E-state index contributed by atoms with van der Waals surface area (Å²) < 4.78 is 3.41. The monoisotopic (exact) mass is 595 g/mol. The number of rotatable bonds is 8. The summed E-state index contributed by atoms with van der Waals surface area (Å²) >= 11 is 0. The van der Waals surface area contributed by atoms with Crippen LogP contribution in [0, 0.1) is 18.3 Å². The van der Waals surface area contributed by atoms with Crippen molar-refractivity contribution >= 4 is 29.2 Å². The van der Waals surface area contributed by atoms with Crippen LogP contribution in [0.1, 0.15) is 16.8 Å². The molecule has 12 heteroatoms. The van der Waals surface area contributed by atoms with Gasteiger partial charge in [0.2, 0.25) is 5.95 Å². The highest BCUT2D eigenvalue weighted by molar-refractivity contribution is 5.98. The first-order valence-electron chi connectivity index (χ1n) is 14.1. The molecular weight excluding hydrogens is 566 g/mol. The number of nitrogens with zero attached hydrogens (tertiary/aromatic N) is 9. The molecule has 4 heterocycles. The van der Waals surface area contributed by atoms with Gasteiger partial charge in [-0.15, -0.1) is 0 Å². The van der Waals surface area contributed by atoms with E-state index in [4.69, 9.17) is 0 Å². The molecule has 6 rings (SSSR count). The Kier molecular flexibility index (Phi) is 7.98. The van der Waals surface area contributed by atoms with Crippen molar-refractivity contribution in [1.29, 1.82) is 5.26 Å².